The number of aryl methyl sites for hydroxylation is 1. The zero-order valence-corrected chi connectivity index (χ0v) is 11.8. The van der Waals surface area contributed by atoms with E-state index in [0.717, 1.165) is 5.52 Å². The number of nitrogens with one attached hydrogen (secondary N) is 1. The molecule has 8 heteroatoms. The Bertz CT molecular complexity index is 806. The Labute approximate surface area is 123 Å². The SMILES string of the molecule is O=C(CCCn1c(=O)oc2ccccc21)Nc1nncs1. The van der Waals surface area contributed by atoms with Crippen molar-refractivity contribution in [2.24, 2.45) is 0 Å². The van der Waals surface area contributed by atoms with Gasteiger partial charge in [-0.2, -0.15) is 0 Å². The van der Waals surface area contributed by atoms with Gasteiger partial charge >= 0.3 is 5.76 Å². The molecule has 1 N–H and O–H groups in total. The van der Waals surface area contributed by atoms with E-state index in [9.17, 15) is 9.59 Å². The molecule has 0 unspecified atom stereocenters. The van der Waals surface area contributed by atoms with Crippen LogP contribution in [0.15, 0.2) is 39.0 Å². The molecule has 2 aromatic heterocycles. The first-order chi connectivity index (χ1) is 10.2. The highest BCUT2D eigenvalue weighted by Crippen LogP contribution is 2.13. The van der Waals surface area contributed by atoms with Crippen LogP contribution in [0.25, 0.3) is 11.1 Å². The van der Waals surface area contributed by atoms with Crippen LogP contribution in [-0.2, 0) is 11.3 Å². The maximum atomic E-state index is 11.7. The highest BCUT2D eigenvalue weighted by molar-refractivity contribution is 7.13. The fraction of sp³-hybridized carbons (Fsp3) is 0.231. The van der Waals surface area contributed by atoms with Crippen molar-refractivity contribution in [2.45, 2.75) is 19.4 Å². The molecule has 0 fully saturated rings. The summed E-state index contributed by atoms with van der Waals surface area (Å²) < 4.78 is 6.67. The van der Waals surface area contributed by atoms with E-state index in [2.05, 4.69) is 15.5 Å². The second kappa shape index (κ2) is 5.88. The van der Waals surface area contributed by atoms with E-state index in [1.165, 1.54) is 15.9 Å². The van der Waals surface area contributed by atoms with Gasteiger partial charge in [-0.25, -0.2) is 4.79 Å². The van der Waals surface area contributed by atoms with Crippen LogP contribution in [0.3, 0.4) is 0 Å². The summed E-state index contributed by atoms with van der Waals surface area (Å²) in [5.41, 5.74) is 2.85. The van der Waals surface area contributed by atoms with Gasteiger partial charge in [0.2, 0.25) is 11.0 Å². The third-order valence-corrected chi connectivity index (χ3v) is 3.57. The molecule has 3 rings (SSSR count). The van der Waals surface area contributed by atoms with Gasteiger partial charge in [0.25, 0.3) is 0 Å². The maximum absolute atomic E-state index is 11.7. The lowest BCUT2D eigenvalue weighted by Gasteiger charge is -2.02. The lowest BCUT2D eigenvalue weighted by atomic mass is 10.3. The van der Waals surface area contributed by atoms with Crippen LogP contribution in [0.2, 0.25) is 0 Å². The number of oxazole rings is 1. The molecule has 21 heavy (non-hydrogen) atoms. The minimum atomic E-state index is -0.402. The number of amides is 1. The van der Waals surface area contributed by atoms with E-state index >= 15 is 0 Å². The molecule has 1 amide bonds. The summed E-state index contributed by atoms with van der Waals surface area (Å²) in [5.74, 6) is -0.548. The molecule has 0 aliphatic carbocycles. The number of aromatic nitrogens is 3. The average molecular weight is 304 g/mol. The Kier molecular flexibility index (Phi) is 3.78. The van der Waals surface area contributed by atoms with Gasteiger partial charge in [-0.15, -0.1) is 10.2 Å². The topological polar surface area (TPSA) is 90.0 Å². The van der Waals surface area contributed by atoms with E-state index in [4.69, 9.17) is 4.42 Å². The molecular formula is C13H12N4O3S. The summed E-state index contributed by atoms with van der Waals surface area (Å²) >= 11 is 1.26. The molecule has 0 aliphatic heterocycles. The zero-order valence-electron chi connectivity index (χ0n) is 11.0. The Balaban J connectivity index is 1.61. The van der Waals surface area contributed by atoms with Crippen LogP contribution in [0.4, 0.5) is 5.13 Å². The van der Waals surface area contributed by atoms with Crippen LogP contribution in [0.1, 0.15) is 12.8 Å². The van der Waals surface area contributed by atoms with E-state index in [1.807, 2.05) is 18.2 Å². The molecule has 0 saturated carbocycles. The standard InChI is InChI=1S/C13H12N4O3S/c18-11(15-12-16-14-8-21-12)6-3-7-17-9-4-1-2-5-10(9)20-13(17)19/h1-2,4-5,8H,3,6-7H2,(H,15,16,18). The van der Waals surface area contributed by atoms with Crippen molar-refractivity contribution < 1.29 is 9.21 Å². The predicted octanol–water partition coefficient (Wildman–Crippen LogP) is 1.86. The van der Waals surface area contributed by atoms with Crippen molar-refractivity contribution in [1.29, 1.82) is 0 Å². The number of carbonyl (C=O) groups is 1. The molecule has 1 aromatic carbocycles. The first-order valence-electron chi connectivity index (χ1n) is 6.38. The van der Waals surface area contributed by atoms with Gasteiger partial charge in [0.05, 0.1) is 5.52 Å². The largest absolute Gasteiger partial charge is 0.419 e. The first-order valence-corrected chi connectivity index (χ1v) is 7.26. The van der Waals surface area contributed by atoms with Gasteiger partial charge in [-0.3, -0.25) is 9.36 Å². The normalized spacial score (nSPS) is 10.9. The molecule has 7 nitrogen and oxygen atoms in total. The average Bonchev–Trinajstić information content (AvgIpc) is 3.07. The van der Waals surface area contributed by atoms with Crippen molar-refractivity contribution >= 4 is 33.5 Å². The highest BCUT2D eigenvalue weighted by Gasteiger charge is 2.09. The summed E-state index contributed by atoms with van der Waals surface area (Å²) in [6.45, 7) is 0.430. The molecule has 0 radical (unpaired) electrons. The third kappa shape index (κ3) is 3.00. The van der Waals surface area contributed by atoms with Gasteiger partial charge in [0, 0.05) is 13.0 Å². The van der Waals surface area contributed by atoms with Crippen molar-refractivity contribution in [1.82, 2.24) is 14.8 Å². The van der Waals surface area contributed by atoms with Gasteiger partial charge < -0.3 is 9.73 Å². The summed E-state index contributed by atoms with van der Waals surface area (Å²) in [6.07, 6.45) is 0.833. The van der Waals surface area contributed by atoms with Crippen LogP contribution >= 0.6 is 11.3 Å². The summed E-state index contributed by atoms with van der Waals surface area (Å²) in [7, 11) is 0. The molecule has 0 atom stereocenters. The smallest absolute Gasteiger partial charge is 0.408 e. The van der Waals surface area contributed by atoms with Crippen LogP contribution < -0.4 is 11.1 Å². The molecule has 0 bridgehead atoms. The Morgan fingerprint density at radius 1 is 1.38 bits per heavy atom. The summed E-state index contributed by atoms with van der Waals surface area (Å²) in [4.78, 5) is 23.5. The third-order valence-electron chi connectivity index (χ3n) is 2.97. The van der Waals surface area contributed by atoms with E-state index in [1.54, 1.807) is 11.6 Å². The van der Waals surface area contributed by atoms with Crippen molar-refractivity contribution in [2.75, 3.05) is 5.32 Å². The Morgan fingerprint density at radius 2 is 2.24 bits per heavy atom. The molecule has 3 aromatic rings. The second-order valence-electron chi connectivity index (χ2n) is 4.38. The van der Waals surface area contributed by atoms with Gasteiger partial charge in [-0.05, 0) is 18.6 Å². The van der Waals surface area contributed by atoms with Crippen molar-refractivity contribution in [3.05, 3.63) is 40.3 Å². The van der Waals surface area contributed by atoms with Gasteiger partial charge in [-0.1, -0.05) is 23.5 Å². The molecule has 0 aliphatic rings. The molecule has 108 valence electrons. The van der Waals surface area contributed by atoms with Gasteiger partial charge in [0.1, 0.15) is 5.51 Å². The zero-order chi connectivity index (χ0) is 14.7. The van der Waals surface area contributed by atoms with E-state index < -0.39 is 5.76 Å². The Morgan fingerprint density at radius 3 is 3.05 bits per heavy atom. The minimum Gasteiger partial charge on any atom is -0.408 e. The van der Waals surface area contributed by atoms with Crippen LogP contribution in [0, 0.1) is 0 Å². The van der Waals surface area contributed by atoms with Crippen molar-refractivity contribution in [3.63, 3.8) is 0 Å². The fourth-order valence-corrected chi connectivity index (χ4v) is 2.49. The number of fused-ring (bicyclic) bond motifs is 1. The first kappa shape index (κ1) is 13.5. The van der Waals surface area contributed by atoms with E-state index in [-0.39, 0.29) is 5.91 Å². The number of nitrogens with zero attached hydrogens (tertiary/aromatic N) is 3. The number of anilines is 1. The lowest BCUT2D eigenvalue weighted by molar-refractivity contribution is -0.116. The number of carbonyl (C=O) groups excluding carboxylic acids is 1. The number of hydrogen-bond donors (Lipinski definition) is 1. The van der Waals surface area contributed by atoms with Crippen molar-refractivity contribution in [3.8, 4) is 0 Å². The summed E-state index contributed by atoms with van der Waals surface area (Å²) in [5, 5.41) is 10.5. The monoisotopic (exact) mass is 304 g/mol. The number of benzene rings is 1. The maximum Gasteiger partial charge on any atom is 0.419 e. The number of hydrogen-bond acceptors (Lipinski definition) is 6. The molecule has 0 spiro atoms. The molecular weight excluding hydrogens is 292 g/mol. The molecule has 0 saturated heterocycles. The van der Waals surface area contributed by atoms with E-state index in [0.29, 0.717) is 30.1 Å². The Hall–Kier alpha value is -2.48. The quantitative estimate of drug-likeness (QED) is 0.777. The summed E-state index contributed by atoms with van der Waals surface area (Å²) in [6, 6.07) is 7.22. The number of para-hydroxylation sites is 2. The van der Waals surface area contributed by atoms with Gasteiger partial charge in [0.15, 0.2) is 5.58 Å². The number of rotatable bonds is 5. The minimum absolute atomic E-state index is 0.146. The lowest BCUT2D eigenvalue weighted by Crippen LogP contribution is -2.17. The fourth-order valence-electron chi connectivity index (χ4n) is 2.03. The molecule has 2 heterocycles. The highest BCUT2D eigenvalue weighted by atomic mass is 32.1. The predicted molar refractivity (Wildman–Crippen MR) is 78.2 cm³/mol. The second-order valence-corrected chi connectivity index (χ2v) is 5.22. The van der Waals surface area contributed by atoms with Crippen LogP contribution in [-0.4, -0.2) is 20.7 Å². The van der Waals surface area contributed by atoms with Crippen LogP contribution in [0.5, 0.6) is 0 Å².